The van der Waals surface area contributed by atoms with E-state index in [0.717, 1.165) is 12.3 Å². The van der Waals surface area contributed by atoms with Crippen LogP contribution in [-0.4, -0.2) is 11.2 Å². The summed E-state index contributed by atoms with van der Waals surface area (Å²) in [6.45, 7) is 7.99. The monoisotopic (exact) mass is 251 g/mol. The second kappa shape index (κ2) is 4.92. The molecule has 0 radical (unpaired) electrons. The van der Waals surface area contributed by atoms with Crippen LogP contribution in [0.1, 0.15) is 15.3 Å². The first-order valence-corrected chi connectivity index (χ1v) is 6.60. The Balaban J connectivity index is 1.94. The van der Waals surface area contributed by atoms with Crippen molar-refractivity contribution < 1.29 is 9.30 Å². The summed E-state index contributed by atoms with van der Waals surface area (Å²) in [6.07, 6.45) is 6.15. The Kier molecular flexibility index (Phi) is 3.52. The molecular formula is C13H19N2OS+. The molecular weight excluding hydrogens is 232 g/mol. The van der Waals surface area contributed by atoms with Crippen LogP contribution in [0.4, 0.5) is 0 Å². The lowest BCUT2D eigenvalue weighted by Gasteiger charge is -2.05. The standard InChI is InChI=1S/C13H19N2OS/c1-10-11(2)17-12(3)13(10)16-8-7-15-6-5-14(4)9-15/h5-6,9H,7-8H2,1-4H3/q+1. The van der Waals surface area contributed by atoms with Crippen molar-refractivity contribution >= 4 is 11.3 Å². The molecule has 0 fully saturated rings. The van der Waals surface area contributed by atoms with Gasteiger partial charge < -0.3 is 4.74 Å². The molecule has 4 heteroatoms. The van der Waals surface area contributed by atoms with Gasteiger partial charge in [-0.2, -0.15) is 0 Å². The van der Waals surface area contributed by atoms with Gasteiger partial charge in [0.25, 0.3) is 0 Å². The van der Waals surface area contributed by atoms with Gasteiger partial charge in [-0.1, -0.05) is 0 Å². The highest BCUT2D eigenvalue weighted by molar-refractivity contribution is 7.12. The van der Waals surface area contributed by atoms with Crippen LogP contribution >= 0.6 is 11.3 Å². The van der Waals surface area contributed by atoms with Crippen LogP contribution in [0, 0.1) is 20.8 Å². The Labute approximate surface area is 106 Å². The second-order valence-electron chi connectivity index (χ2n) is 4.33. The predicted octanol–water partition coefficient (Wildman–Crippen LogP) is 2.38. The van der Waals surface area contributed by atoms with Crippen LogP contribution in [0.25, 0.3) is 0 Å². The van der Waals surface area contributed by atoms with Crippen molar-refractivity contribution in [3.05, 3.63) is 34.0 Å². The van der Waals surface area contributed by atoms with E-state index in [2.05, 4.69) is 37.9 Å². The summed E-state index contributed by atoms with van der Waals surface area (Å²) < 4.78 is 10.0. The molecule has 0 saturated heterocycles. The third kappa shape index (κ3) is 2.69. The number of aromatic nitrogens is 2. The molecule has 0 atom stereocenters. The lowest BCUT2D eigenvalue weighted by Crippen LogP contribution is -2.24. The van der Waals surface area contributed by atoms with Gasteiger partial charge in [0.2, 0.25) is 6.33 Å². The average Bonchev–Trinajstić information content (AvgIpc) is 2.78. The summed E-state index contributed by atoms with van der Waals surface area (Å²) in [5, 5.41) is 0. The minimum atomic E-state index is 0.715. The molecule has 2 aromatic heterocycles. The van der Waals surface area contributed by atoms with Crippen molar-refractivity contribution in [1.29, 1.82) is 0 Å². The van der Waals surface area contributed by atoms with Gasteiger partial charge >= 0.3 is 0 Å². The fourth-order valence-electron chi connectivity index (χ4n) is 1.87. The van der Waals surface area contributed by atoms with Gasteiger partial charge in [-0.05, 0) is 20.8 Å². The Bertz CT molecular complexity index is 513. The summed E-state index contributed by atoms with van der Waals surface area (Å²) in [4.78, 5) is 2.63. The number of nitrogens with zero attached hydrogens (tertiary/aromatic N) is 2. The third-order valence-corrected chi connectivity index (χ3v) is 4.02. The Morgan fingerprint density at radius 2 is 2.06 bits per heavy atom. The highest BCUT2D eigenvalue weighted by Gasteiger charge is 2.10. The van der Waals surface area contributed by atoms with Crippen LogP contribution in [0.2, 0.25) is 0 Å². The molecule has 0 aliphatic heterocycles. The molecule has 0 saturated carbocycles. The van der Waals surface area contributed by atoms with Crippen LogP contribution < -0.4 is 9.30 Å². The van der Waals surface area contributed by atoms with Crippen molar-refractivity contribution in [3.63, 3.8) is 0 Å². The molecule has 2 heterocycles. The summed E-state index contributed by atoms with van der Waals surface area (Å²) in [6, 6.07) is 0. The van der Waals surface area contributed by atoms with Gasteiger partial charge in [-0.15, -0.1) is 11.3 Å². The number of imidazole rings is 1. The molecule has 0 spiro atoms. The summed E-state index contributed by atoms with van der Waals surface area (Å²) in [5.41, 5.74) is 1.28. The lowest BCUT2D eigenvalue weighted by atomic mass is 10.2. The van der Waals surface area contributed by atoms with Crippen molar-refractivity contribution in [2.24, 2.45) is 7.05 Å². The van der Waals surface area contributed by atoms with E-state index < -0.39 is 0 Å². The fourth-order valence-corrected chi connectivity index (χ4v) is 2.88. The average molecular weight is 251 g/mol. The van der Waals surface area contributed by atoms with Gasteiger partial charge in [-0.25, -0.2) is 9.13 Å². The number of thiophene rings is 1. The fraction of sp³-hybridized carbons (Fsp3) is 0.462. The SMILES string of the molecule is Cc1sc(C)c(OCCn2cc[n+](C)c2)c1C. The topological polar surface area (TPSA) is 18.0 Å². The van der Waals surface area contributed by atoms with E-state index in [9.17, 15) is 0 Å². The summed E-state index contributed by atoms with van der Waals surface area (Å²) in [5.74, 6) is 1.07. The first-order valence-electron chi connectivity index (χ1n) is 5.78. The maximum atomic E-state index is 5.88. The number of hydrogen-bond donors (Lipinski definition) is 0. The highest BCUT2D eigenvalue weighted by atomic mass is 32.1. The number of aryl methyl sites for hydroxylation is 3. The largest absolute Gasteiger partial charge is 0.488 e. The Morgan fingerprint density at radius 3 is 2.59 bits per heavy atom. The normalized spacial score (nSPS) is 10.8. The second-order valence-corrected chi connectivity index (χ2v) is 5.76. The van der Waals surface area contributed by atoms with Gasteiger partial charge in [0, 0.05) is 15.3 Å². The number of ether oxygens (including phenoxy) is 1. The zero-order valence-electron chi connectivity index (χ0n) is 10.9. The lowest BCUT2D eigenvalue weighted by molar-refractivity contribution is -0.671. The minimum Gasteiger partial charge on any atom is -0.488 e. The minimum absolute atomic E-state index is 0.715. The molecule has 0 aliphatic carbocycles. The first-order chi connectivity index (χ1) is 8.08. The van der Waals surface area contributed by atoms with Gasteiger partial charge in [0.05, 0.1) is 7.05 Å². The molecule has 0 unspecified atom stereocenters. The molecule has 0 aliphatic rings. The molecule has 17 heavy (non-hydrogen) atoms. The molecule has 2 rings (SSSR count). The van der Waals surface area contributed by atoms with Crippen molar-refractivity contribution in [3.8, 4) is 5.75 Å². The van der Waals surface area contributed by atoms with Gasteiger partial charge in [-0.3, -0.25) is 0 Å². The maximum Gasteiger partial charge on any atom is 0.243 e. The smallest absolute Gasteiger partial charge is 0.243 e. The third-order valence-electron chi connectivity index (χ3n) is 2.91. The summed E-state index contributed by atoms with van der Waals surface area (Å²) in [7, 11) is 2.02. The van der Waals surface area contributed by atoms with Crippen molar-refractivity contribution in [1.82, 2.24) is 4.57 Å². The molecule has 92 valence electrons. The van der Waals surface area contributed by atoms with Crippen LogP contribution in [0.15, 0.2) is 18.7 Å². The van der Waals surface area contributed by atoms with E-state index in [4.69, 9.17) is 4.74 Å². The van der Waals surface area contributed by atoms with E-state index in [1.165, 1.54) is 15.3 Å². The van der Waals surface area contributed by atoms with E-state index in [1.807, 2.05) is 29.1 Å². The van der Waals surface area contributed by atoms with Gasteiger partial charge in [0.1, 0.15) is 31.3 Å². The van der Waals surface area contributed by atoms with Crippen LogP contribution in [0.3, 0.4) is 0 Å². The Hall–Kier alpha value is -1.29. The van der Waals surface area contributed by atoms with E-state index in [0.29, 0.717) is 6.61 Å². The van der Waals surface area contributed by atoms with Crippen molar-refractivity contribution in [2.75, 3.05) is 6.61 Å². The van der Waals surface area contributed by atoms with Gasteiger partial charge in [0.15, 0.2) is 0 Å². The zero-order chi connectivity index (χ0) is 12.4. The molecule has 0 N–H and O–H groups in total. The summed E-state index contributed by atoms with van der Waals surface area (Å²) >= 11 is 1.81. The Morgan fingerprint density at radius 1 is 1.29 bits per heavy atom. The molecule has 3 nitrogen and oxygen atoms in total. The zero-order valence-corrected chi connectivity index (χ0v) is 11.7. The number of rotatable bonds is 4. The molecule has 0 bridgehead atoms. The molecule has 0 amide bonds. The van der Waals surface area contributed by atoms with E-state index >= 15 is 0 Å². The molecule has 2 aromatic rings. The number of hydrogen-bond acceptors (Lipinski definition) is 2. The first kappa shape index (κ1) is 12.2. The van der Waals surface area contributed by atoms with E-state index in [1.54, 1.807) is 0 Å². The highest BCUT2D eigenvalue weighted by Crippen LogP contribution is 2.33. The van der Waals surface area contributed by atoms with Crippen LogP contribution in [0.5, 0.6) is 5.75 Å². The maximum absolute atomic E-state index is 5.88. The van der Waals surface area contributed by atoms with E-state index in [-0.39, 0.29) is 0 Å². The molecule has 0 aromatic carbocycles. The predicted molar refractivity (Wildman–Crippen MR) is 69.6 cm³/mol. The van der Waals surface area contributed by atoms with Crippen LogP contribution in [-0.2, 0) is 13.6 Å². The van der Waals surface area contributed by atoms with Crippen molar-refractivity contribution in [2.45, 2.75) is 27.3 Å². The quantitative estimate of drug-likeness (QED) is 0.763.